The minimum atomic E-state index is -0.809. The summed E-state index contributed by atoms with van der Waals surface area (Å²) in [6.07, 6.45) is 3.42. The van der Waals surface area contributed by atoms with Crippen LogP contribution < -0.4 is 0 Å². The summed E-state index contributed by atoms with van der Waals surface area (Å²) in [5, 5.41) is 9.33. The smallest absolute Gasteiger partial charge is 0.307 e. The molecule has 5 heteroatoms. The highest BCUT2D eigenvalue weighted by Crippen LogP contribution is 2.38. The summed E-state index contributed by atoms with van der Waals surface area (Å²) in [7, 11) is 4.03. The third kappa shape index (κ3) is 3.14. The highest BCUT2D eigenvalue weighted by Gasteiger charge is 2.44. The zero-order valence-corrected chi connectivity index (χ0v) is 12.7. The van der Waals surface area contributed by atoms with Gasteiger partial charge in [-0.3, -0.25) is 9.59 Å². The van der Waals surface area contributed by atoms with E-state index in [1.165, 1.54) is 0 Å². The van der Waals surface area contributed by atoms with E-state index in [9.17, 15) is 14.7 Å². The first-order valence-electron chi connectivity index (χ1n) is 7.58. The number of amides is 1. The molecule has 1 N–H and O–H groups in total. The Morgan fingerprint density at radius 2 is 1.90 bits per heavy atom. The van der Waals surface area contributed by atoms with Crippen LogP contribution in [0.5, 0.6) is 0 Å². The van der Waals surface area contributed by atoms with Crippen molar-refractivity contribution in [3.8, 4) is 0 Å². The molecule has 0 aromatic rings. The van der Waals surface area contributed by atoms with E-state index >= 15 is 0 Å². The monoisotopic (exact) mass is 282 g/mol. The fourth-order valence-corrected chi connectivity index (χ4v) is 3.79. The van der Waals surface area contributed by atoms with E-state index < -0.39 is 11.9 Å². The summed E-state index contributed by atoms with van der Waals surface area (Å²) in [4.78, 5) is 28.1. The molecule has 0 aromatic carbocycles. The first kappa shape index (κ1) is 15.3. The van der Waals surface area contributed by atoms with Crippen molar-refractivity contribution in [2.45, 2.75) is 38.6 Å². The number of carbonyl (C=O) groups is 2. The molecule has 1 amide bonds. The summed E-state index contributed by atoms with van der Waals surface area (Å²) < 4.78 is 0. The van der Waals surface area contributed by atoms with Gasteiger partial charge in [0.05, 0.1) is 11.8 Å². The molecule has 1 aliphatic carbocycles. The molecule has 4 atom stereocenters. The third-order valence-corrected chi connectivity index (χ3v) is 4.67. The Labute approximate surface area is 120 Å². The van der Waals surface area contributed by atoms with Gasteiger partial charge < -0.3 is 14.9 Å². The molecule has 114 valence electrons. The highest BCUT2D eigenvalue weighted by atomic mass is 16.4. The van der Waals surface area contributed by atoms with Crippen LogP contribution in [-0.2, 0) is 9.59 Å². The van der Waals surface area contributed by atoms with Gasteiger partial charge in [0.25, 0.3) is 0 Å². The van der Waals surface area contributed by atoms with Gasteiger partial charge in [0.15, 0.2) is 0 Å². The fraction of sp³-hybridized carbons (Fsp3) is 0.867. The molecule has 20 heavy (non-hydrogen) atoms. The van der Waals surface area contributed by atoms with Gasteiger partial charge in [-0.05, 0) is 45.7 Å². The second kappa shape index (κ2) is 6.12. The molecule has 1 saturated carbocycles. The SMILES string of the molecule is CC1C[C@H](C(=O)N2CCCC2CN(C)C)[C@H](C(=O)O)C1. The van der Waals surface area contributed by atoms with Gasteiger partial charge >= 0.3 is 5.97 Å². The summed E-state index contributed by atoms with van der Waals surface area (Å²) >= 11 is 0. The predicted molar refractivity (Wildman–Crippen MR) is 76.3 cm³/mol. The molecule has 1 heterocycles. The van der Waals surface area contributed by atoms with Crippen molar-refractivity contribution in [1.82, 2.24) is 9.80 Å². The van der Waals surface area contributed by atoms with Crippen LogP contribution in [0.25, 0.3) is 0 Å². The van der Waals surface area contributed by atoms with E-state index in [1.807, 2.05) is 25.9 Å². The topological polar surface area (TPSA) is 60.9 Å². The lowest BCUT2D eigenvalue weighted by molar-refractivity contribution is -0.149. The maximum Gasteiger partial charge on any atom is 0.307 e. The lowest BCUT2D eigenvalue weighted by Crippen LogP contribution is -2.45. The number of hydrogen-bond acceptors (Lipinski definition) is 3. The molecule has 2 fully saturated rings. The van der Waals surface area contributed by atoms with Crippen LogP contribution >= 0.6 is 0 Å². The maximum absolute atomic E-state index is 12.7. The van der Waals surface area contributed by atoms with Crippen molar-refractivity contribution in [1.29, 1.82) is 0 Å². The number of carbonyl (C=O) groups excluding carboxylic acids is 1. The van der Waals surface area contributed by atoms with E-state index in [0.29, 0.717) is 12.3 Å². The molecular formula is C15H26N2O3. The lowest BCUT2D eigenvalue weighted by atomic mass is 9.94. The number of aliphatic carboxylic acids is 1. The average molecular weight is 282 g/mol. The zero-order valence-electron chi connectivity index (χ0n) is 12.7. The second-order valence-electron chi connectivity index (χ2n) is 6.72. The summed E-state index contributed by atoms with van der Waals surface area (Å²) in [6, 6.07) is 0.253. The van der Waals surface area contributed by atoms with Gasteiger partial charge in [0, 0.05) is 19.1 Å². The largest absolute Gasteiger partial charge is 0.481 e. The first-order valence-corrected chi connectivity index (χ1v) is 7.58. The minimum absolute atomic E-state index is 0.0751. The van der Waals surface area contributed by atoms with Gasteiger partial charge in [0.2, 0.25) is 5.91 Å². The molecule has 5 nitrogen and oxygen atoms in total. The predicted octanol–water partition coefficient (Wildman–Crippen LogP) is 1.29. The quantitative estimate of drug-likeness (QED) is 0.844. The summed E-state index contributed by atoms with van der Waals surface area (Å²) in [5.74, 6) is -1.20. The molecule has 0 spiro atoms. The van der Waals surface area contributed by atoms with Crippen LogP contribution in [0.15, 0.2) is 0 Å². The van der Waals surface area contributed by atoms with Gasteiger partial charge in [-0.1, -0.05) is 6.92 Å². The normalized spacial score (nSPS) is 33.9. The van der Waals surface area contributed by atoms with Gasteiger partial charge in [-0.25, -0.2) is 0 Å². The molecule has 0 radical (unpaired) electrons. The van der Waals surface area contributed by atoms with Crippen molar-refractivity contribution in [2.24, 2.45) is 17.8 Å². The average Bonchev–Trinajstić information content (AvgIpc) is 2.94. The Balaban J connectivity index is 2.07. The Morgan fingerprint density at radius 1 is 1.25 bits per heavy atom. The van der Waals surface area contributed by atoms with E-state index in [2.05, 4.69) is 4.90 Å². The molecule has 1 saturated heterocycles. The van der Waals surface area contributed by atoms with E-state index in [-0.39, 0.29) is 17.9 Å². The van der Waals surface area contributed by atoms with E-state index in [0.717, 1.165) is 32.4 Å². The molecule has 2 rings (SSSR count). The Hall–Kier alpha value is -1.10. The van der Waals surface area contributed by atoms with Crippen molar-refractivity contribution in [2.75, 3.05) is 27.2 Å². The lowest BCUT2D eigenvalue weighted by Gasteiger charge is -2.30. The third-order valence-electron chi connectivity index (χ3n) is 4.67. The molecule has 0 bridgehead atoms. The summed E-state index contributed by atoms with van der Waals surface area (Å²) in [5.41, 5.74) is 0. The number of likely N-dealkylation sites (N-methyl/N-ethyl adjacent to an activating group) is 1. The van der Waals surface area contributed by atoms with Crippen LogP contribution in [0, 0.1) is 17.8 Å². The Morgan fingerprint density at radius 3 is 2.50 bits per heavy atom. The van der Waals surface area contributed by atoms with Gasteiger partial charge in [-0.15, -0.1) is 0 Å². The maximum atomic E-state index is 12.7. The van der Waals surface area contributed by atoms with Crippen molar-refractivity contribution < 1.29 is 14.7 Å². The summed E-state index contributed by atoms with van der Waals surface area (Å²) in [6.45, 7) is 3.70. The van der Waals surface area contributed by atoms with Crippen LogP contribution in [0.4, 0.5) is 0 Å². The molecule has 2 unspecified atom stereocenters. The van der Waals surface area contributed by atoms with E-state index in [4.69, 9.17) is 0 Å². The van der Waals surface area contributed by atoms with E-state index in [1.54, 1.807) is 0 Å². The number of likely N-dealkylation sites (tertiary alicyclic amines) is 1. The minimum Gasteiger partial charge on any atom is -0.481 e. The van der Waals surface area contributed by atoms with Crippen molar-refractivity contribution in [3.05, 3.63) is 0 Å². The number of rotatable bonds is 4. The number of carboxylic acid groups (broad SMARTS) is 1. The zero-order chi connectivity index (χ0) is 14.9. The number of hydrogen-bond donors (Lipinski definition) is 1. The van der Waals surface area contributed by atoms with Gasteiger partial charge in [-0.2, -0.15) is 0 Å². The molecule has 0 aromatic heterocycles. The standard InChI is InChI=1S/C15H26N2O3/c1-10-7-12(13(8-10)15(19)20)14(18)17-6-4-5-11(17)9-16(2)3/h10-13H,4-9H2,1-3H3,(H,19,20)/t10?,11?,12-,13+/m0/s1. The van der Waals surface area contributed by atoms with Gasteiger partial charge in [0.1, 0.15) is 0 Å². The first-order chi connectivity index (χ1) is 9.40. The van der Waals surface area contributed by atoms with Crippen LogP contribution in [0.3, 0.4) is 0 Å². The fourth-order valence-electron chi connectivity index (χ4n) is 3.79. The molecular weight excluding hydrogens is 256 g/mol. The number of nitrogens with zero attached hydrogens (tertiary/aromatic N) is 2. The van der Waals surface area contributed by atoms with Crippen LogP contribution in [-0.4, -0.2) is 60.0 Å². The Bertz CT molecular complexity index is 383. The van der Waals surface area contributed by atoms with Crippen molar-refractivity contribution >= 4 is 11.9 Å². The van der Waals surface area contributed by atoms with Crippen LogP contribution in [0.1, 0.15) is 32.6 Å². The van der Waals surface area contributed by atoms with Crippen LogP contribution in [0.2, 0.25) is 0 Å². The highest BCUT2D eigenvalue weighted by molar-refractivity contribution is 5.85. The molecule has 1 aliphatic heterocycles. The second-order valence-corrected chi connectivity index (χ2v) is 6.72. The Kier molecular flexibility index (Phi) is 4.68. The number of carboxylic acids is 1. The van der Waals surface area contributed by atoms with Crippen molar-refractivity contribution in [3.63, 3.8) is 0 Å². The molecule has 2 aliphatic rings.